The van der Waals surface area contributed by atoms with Crippen LogP contribution in [0.4, 0.5) is 3.89 Å². The molecule has 8 heteroatoms. The molecule has 0 aliphatic heterocycles. The van der Waals surface area contributed by atoms with Gasteiger partial charge in [-0.2, -0.15) is 8.42 Å². The van der Waals surface area contributed by atoms with Crippen molar-refractivity contribution in [3.8, 4) is 5.75 Å². The molecule has 2 aliphatic rings. The highest BCUT2D eigenvalue weighted by Crippen LogP contribution is 2.38. The van der Waals surface area contributed by atoms with Gasteiger partial charge in [-0.05, 0) is 31.7 Å². The summed E-state index contributed by atoms with van der Waals surface area (Å²) in [5.41, 5.74) is 0.213. The minimum atomic E-state index is -5.11. The average molecular weight is 300 g/mol. The van der Waals surface area contributed by atoms with Gasteiger partial charge in [0.05, 0.1) is 11.8 Å². The van der Waals surface area contributed by atoms with Crippen molar-refractivity contribution in [2.75, 3.05) is 0 Å². The standard InChI is InChI=1S/C12H13FN2O4S/c13-20(17,18)19-11-5-8(6-14-7-11)12(16)15(9-1-2-9)10-3-4-10/h5-7,9-10H,1-4H2. The zero-order chi connectivity index (χ0) is 14.3. The van der Waals surface area contributed by atoms with Crippen LogP contribution in [0.2, 0.25) is 0 Å². The van der Waals surface area contributed by atoms with Crippen LogP contribution in [0, 0.1) is 0 Å². The van der Waals surface area contributed by atoms with Crippen molar-refractivity contribution >= 4 is 16.4 Å². The van der Waals surface area contributed by atoms with Crippen molar-refractivity contribution in [3.05, 3.63) is 24.0 Å². The molecule has 20 heavy (non-hydrogen) atoms. The van der Waals surface area contributed by atoms with E-state index in [2.05, 4.69) is 9.17 Å². The van der Waals surface area contributed by atoms with Crippen molar-refractivity contribution in [1.29, 1.82) is 0 Å². The first-order valence-corrected chi connectivity index (χ1v) is 7.67. The zero-order valence-electron chi connectivity index (χ0n) is 10.5. The molecule has 2 saturated carbocycles. The van der Waals surface area contributed by atoms with Gasteiger partial charge < -0.3 is 9.08 Å². The molecule has 1 heterocycles. The Morgan fingerprint density at radius 3 is 2.35 bits per heavy atom. The lowest BCUT2D eigenvalue weighted by Gasteiger charge is -2.22. The van der Waals surface area contributed by atoms with Crippen LogP contribution < -0.4 is 4.18 Å². The van der Waals surface area contributed by atoms with Crippen LogP contribution >= 0.6 is 0 Å². The van der Waals surface area contributed by atoms with Crippen molar-refractivity contribution in [3.63, 3.8) is 0 Å². The molecule has 2 fully saturated rings. The summed E-state index contributed by atoms with van der Waals surface area (Å²) in [4.78, 5) is 18.0. The Kier molecular flexibility index (Phi) is 3.12. The summed E-state index contributed by atoms with van der Waals surface area (Å²) < 4.78 is 37.4. The maximum absolute atomic E-state index is 12.5. The summed E-state index contributed by atoms with van der Waals surface area (Å²) in [5, 5.41) is 0. The third-order valence-corrected chi connectivity index (χ3v) is 3.66. The second-order valence-corrected chi connectivity index (χ2v) is 6.01. The number of nitrogens with zero attached hydrogens (tertiary/aromatic N) is 2. The summed E-state index contributed by atoms with van der Waals surface area (Å²) in [5.74, 6) is -0.505. The fourth-order valence-electron chi connectivity index (χ4n) is 2.18. The highest BCUT2D eigenvalue weighted by atomic mass is 32.3. The molecule has 1 aromatic heterocycles. The first kappa shape index (κ1) is 13.3. The topological polar surface area (TPSA) is 76.6 Å². The summed E-state index contributed by atoms with van der Waals surface area (Å²) in [6, 6.07) is 1.73. The molecule has 0 bridgehead atoms. The van der Waals surface area contributed by atoms with Crippen LogP contribution in [0.25, 0.3) is 0 Å². The first-order valence-electron chi connectivity index (χ1n) is 6.36. The van der Waals surface area contributed by atoms with Gasteiger partial charge in [-0.3, -0.25) is 9.78 Å². The number of amides is 1. The highest BCUT2D eigenvalue weighted by Gasteiger charge is 2.42. The van der Waals surface area contributed by atoms with Gasteiger partial charge in [-0.15, -0.1) is 0 Å². The van der Waals surface area contributed by atoms with E-state index < -0.39 is 10.5 Å². The molecule has 108 valence electrons. The summed E-state index contributed by atoms with van der Waals surface area (Å²) in [6.07, 6.45) is 6.34. The van der Waals surface area contributed by atoms with E-state index in [0.29, 0.717) is 0 Å². The monoisotopic (exact) mass is 300 g/mol. The Morgan fingerprint density at radius 2 is 1.85 bits per heavy atom. The van der Waals surface area contributed by atoms with Gasteiger partial charge in [0.25, 0.3) is 5.91 Å². The molecule has 2 aliphatic carbocycles. The Bertz CT molecular complexity index is 629. The number of halogens is 1. The normalized spacial score (nSPS) is 18.6. The van der Waals surface area contributed by atoms with E-state index in [1.54, 1.807) is 0 Å². The first-order chi connectivity index (χ1) is 9.44. The van der Waals surface area contributed by atoms with Crippen LogP contribution in [0.1, 0.15) is 36.0 Å². The Morgan fingerprint density at radius 1 is 1.25 bits per heavy atom. The number of hydrogen-bond acceptors (Lipinski definition) is 5. The van der Waals surface area contributed by atoms with E-state index in [4.69, 9.17) is 0 Å². The SMILES string of the molecule is O=C(c1cncc(OS(=O)(=O)F)c1)N(C1CC1)C1CC1. The molecule has 6 nitrogen and oxygen atoms in total. The molecule has 0 radical (unpaired) electrons. The minimum Gasteiger partial charge on any atom is -0.357 e. The van der Waals surface area contributed by atoms with Gasteiger partial charge in [0.1, 0.15) is 0 Å². The van der Waals surface area contributed by atoms with E-state index in [-0.39, 0.29) is 29.3 Å². The molecular formula is C12H13FN2O4S. The predicted molar refractivity (Wildman–Crippen MR) is 67.1 cm³/mol. The lowest BCUT2D eigenvalue weighted by atomic mass is 10.2. The molecule has 0 N–H and O–H groups in total. The van der Waals surface area contributed by atoms with Crippen molar-refractivity contribution in [2.45, 2.75) is 37.8 Å². The molecule has 1 amide bonds. The summed E-state index contributed by atoms with van der Waals surface area (Å²) in [6.45, 7) is 0. The number of carbonyl (C=O) groups excluding carboxylic acids is 1. The van der Waals surface area contributed by atoms with Crippen molar-refractivity contribution in [1.82, 2.24) is 9.88 Å². The van der Waals surface area contributed by atoms with Gasteiger partial charge in [0, 0.05) is 18.3 Å². The van der Waals surface area contributed by atoms with E-state index in [1.165, 1.54) is 12.3 Å². The summed E-state index contributed by atoms with van der Waals surface area (Å²) in [7, 11) is -5.11. The second-order valence-electron chi connectivity index (χ2n) is 5.06. The molecule has 0 aromatic carbocycles. The molecule has 1 aromatic rings. The van der Waals surface area contributed by atoms with E-state index in [1.807, 2.05) is 4.90 Å². The maximum Gasteiger partial charge on any atom is 0.488 e. The molecular weight excluding hydrogens is 287 g/mol. The maximum atomic E-state index is 12.5. The Hall–Kier alpha value is -1.70. The smallest absolute Gasteiger partial charge is 0.357 e. The highest BCUT2D eigenvalue weighted by molar-refractivity contribution is 7.81. The zero-order valence-corrected chi connectivity index (χ0v) is 11.3. The van der Waals surface area contributed by atoms with Gasteiger partial charge in [-0.25, -0.2) is 0 Å². The van der Waals surface area contributed by atoms with Crippen molar-refractivity contribution in [2.24, 2.45) is 0 Å². The third-order valence-electron chi connectivity index (χ3n) is 3.27. The number of pyridine rings is 1. The fourth-order valence-corrected chi connectivity index (χ4v) is 2.50. The molecule has 0 atom stereocenters. The van der Waals surface area contributed by atoms with Gasteiger partial charge in [0.2, 0.25) is 0 Å². The lowest BCUT2D eigenvalue weighted by Crippen LogP contribution is -2.35. The molecule has 0 spiro atoms. The van der Waals surface area contributed by atoms with Gasteiger partial charge >= 0.3 is 10.5 Å². The quantitative estimate of drug-likeness (QED) is 0.769. The van der Waals surface area contributed by atoms with Crippen LogP contribution in [0.15, 0.2) is 18.5 Å². The van der Waals surface area contributed by atoms with Crippen molar-refractivity contribution < 1.29 is 21.3 Å². The van der Waals surface area contributed by atoms with E-state index >= 15 is 0 Å². The number of rotatable bonds is 5. The largest absolute Gasteiger partial charge is 0.488 e. The lowest BCUT2D eigenvalue weighted by molar-refractivity contribution is 0.0729. The number of aromatic nitrogens is 1. The third kappa shape index (κ3) is 3.06. The molecule has 3 rings (SSSR count). The number of carbonyl (C=O) groups is 1. The van der Waals surface area contributed by atoms with Crippen LogP contribution in [0.3, 0.4) is 0 Å². The van der Waals surface area contributed by atoms with Gasteiger partial charge in [-0.1, -0.05) is 3.89 Å². The Labute approximate surface area is 116 Å². The molecule has 0 unspecified atom stereocenters. The van der Waals surface area contributed by atoms with Crippen LogP contribution in [-0.4, -0.2) is 36.3 Å². The fraction of sp³-hybridized carbons (Fsp3) is 0.500. The second kappa shape index (κ2) is 4.69. The van der Waals surface area contributed by atoms with E-state index in [9.17, 15) is 17.1 Å². The number of hydrogen-bond donors (Lipinski definition) is 0. The molecule has 0 saturated heterocycles. The summed E-state index contributed by atoms with van der Waals surface area (Å²) >= 11 is 0. The predicted octanol–water partition coefficient (Wildman–Crippen LogP) is 1.44. The van der Waals surface area contributed by atoms with E-state index in [0.717, 1.165) is 31.9 Å². The van der Waals surface area contributed by atoms with Crippen LogP contribution in [0.5, 0.6) is 5.75 Å². The minimum absolute atomic E-state index is 0.204. The van der Waals surface area contributed by atoms with Crippen LogP contribution in [-0.2, 0) is 10.5 Å². The Balaban J connectivity index is 1.82. The average Bonchev–Trinajstić information content (AvgIpc) is 3.22. The van der Waals surface area contributed by atoms with Gasteiger partial charge in [0.15, 0.2) is 5.75 Å².